The van der Waals surface area contributed by atoms with Crippen molar-refractivity contribution >= 4 is 35.4 Å². The minimum absolute atomic E-state index is 0.0272. The van der Waals surface area contributed by atoms with Gasteiger partial charge in [0, 0.05) is 28.6 Å². The maximum absolute atomic E-state index is 13.0. The molecule has 4 aromatic rings. The highest BCUT2D eigenvalue weighted by atomic mass is 32.2. The number of benzene rings is 2. The lowest BCUT2D eigenvalue weighted by Crippen LogP contribution is -2.21. The number of para-hydroxylation sites is 1. The normalized spacial score (nSPS) is 11.1. The molecule has 0 atom stereocenters. The predicted molar refractivity (Wildman–Crippen MR) is 148 cm³/mol. The number of carbonyl (C=O) groups excluding carboxylic acids is 2. The van der Waals surface area contributed by atoms with Gasteiger partial charge in [0.1, 0.15) is 17.3 Å². The highest BCUT2D eigenvalue weighted by Gasteiger charge is 2.22. The summed E-state index contributed by atoms with van der Waals surface area (Å²) >= 11 is 1.45. The van der Waals surface area contributed by atoms with Crippen LogP contribution in [0, 0.1) is 0 Å². The average Bonchev–Trinajstić information content (AvgIpc) is 3.29. The monoisotopic (exact) mass is 532 g/mol. The van der Waals surface area contributed by atoms with Crippen LogP contribution in [0.2, 0.25) is 0 Å². The molecule has 196 valence electrons. The van der Waals surface area contributed by atoms with E-state index in [1.165, 1.54) is 24.0 Å². The number of thioether (sulfide) groups is 1. The van der Waals surface area contributed by atoms with E-state index < -0.39 is 12.1 Å². The Balaban J connectivity index is 1.51. The van der Waals surface area contributed by atoms with Crippen molar-refractivity contribution in [3.63, 3.8) is 0 Å². The van der Waals surface area contributed by atoms with Crippen molar-refractivity contribution in [2.24, 2.45) is 5.73 Å². The Hall–Kier alpha value is -4.51. The first-order valence-electron chi connectivity index (χ1n) is 11.7. The maximum Gasteiger partial charge on any atom is 0.411 e. The van der Waals surface area contributed by atoms with Crippen molar-refractivity contribution in [1.82, 2.24) is 14.8 Å². The molecule has 0 spiro atoms. The molecule has 0 aliphatic heterocycles. The number of primary amides is 1. The van der Waals surface area contributed by atoms with Crippen molar-refractivity contribution in [2.75, 3.05) is 16.9 Å². The summed E-state index contributed by atoms with van der Waals surface area (Å²) in [6, 6.07) is 19.4. The molecule has 3 amide bonds. The Labute approximate surface area is 224 Å². The fraction of sp³-hybridized carbons (Fsp3) is 0.185. The van der Waals surface area contributed by atoms with E-state index in [0.29, 0.717) is 23.0 Å². The van der Waals surface area contributed by atoms with Gasteiger partial charge < -0.3 is 20.5 Å². The molecule has 0 saturated carbocycles. The summed E-state index contributed by atoms with van der Waals surface area (Å²) in [5.41, 5.74) is 7.14. The van der Waals surface area contributed by atoms with Crippen LogP contribution in [-0.2, 0) is 5.41 Å². The molecule has 2 aromatic heterocycles. The Morgan fingerprint density at radius 3 is 2.39 bits per heavy atom. The number of nitrogens with zero attached hydrogens (tertiary/aromatic N) is 3. The summed E-state index contributed by atoms with van der Waals surface area (Å²) in [5, 5.41) is 10.6. The first-order valence-corrected chi connectivity index (χ1v) is 12.9. The molecule has 0 aliphatic carbocycles. The number of carbonyl (C=O) groups is 2. The molecule has 0 radical (unpaired) electrons. The predicted octanol–water partition coefficient (Wildman–Crippen LogP) is 6.18. The van der Waals surface area contributed by atoms with E-state index in [2.05, 4.69) is 36.4 Å². The second kappa shape index (κ2) is 11.3. The van der Waals surface area contributed by atoms with Gasteiger partial charge in [-0.05, 0) is 42.7 Å². The zero-order valence-corrected chi connectivity index (χ0v) is 22.2. The Kier molecular flexibility index (Phi) is 7.87. The quantitative estimate of drug-likeness (QED) is 0.242. The lowest BCUT2D eigenvalue weighted by molar-refractivity contribution is 0.209. The standard InChI is InChI=1S/C27H28N6O4S/c1-27(2,3)22-16-23(33(32-22)17-8-6-5-7-9-17)31-26(35)30-20-11-10-18(14-21(20)38-4)36-19-12-13-29-24(15-19)37-25(28)34/h5-16H,1-4H3,(H2,28,34)(H2,30,31,35). The molecule has 0 saturated heterocycles. The van der Waals surface area contributed by atoms with Crippen LogP contribution in [0.4, 0.5) is 21.1 Å². The van der Waals surface area contributed by atoms with Crippen molar-refractivity contribution in [3.8, 4) is 23.1 Å². The first kappa shape index (κ1) is 26.6. The van der Waals surface area contributed by atoms with Crippen LogP contribution in [0.3, 0.4) is 0 Å². The van der Waals surface area contributed by atoms with Gasteiger partial charge in [0.05, 0.1) is 17.1 Å². The smallest absolute Gasteiger partial charge is 0.411 e. The summed E-state index contributed by atoms with van der Waals surface area (Å²) < 4.78 is 12.4. The molecule has 2 heterocycles. The number of rotatable bonds is 7. The Bertz CT molecular complexity index is 1450. The first-order chi connectivity index (χ1) is 18.1. The Morgan fingerprint density at radius 1 is 0.974 bits per heavy atom. The van der Waals surface area contributed by atoms with E-state index >= 15 is 0 Å². The number of ether oxygens (including phenoxy) is 2. The zero-order chi connectivity index (χ0) is 27.3. The molecule has 0 aliphatic rings. The van der Waals surface area contributed by atoms with E-state index in [-0.39, 0.29) is 11.3 Å². The second-order valence-electron chi connectivity index (χ2n) is 9.21. The minimum atomic E-state index is -0.963. The highest BCUT2D eigenvalue weighted by molar-refractivity contribution is 7.98. The summed E-state index contributed by atoms with van der Waals surface area (Å²) in [6.07, 6.45) is 2.37. The topological polar surface area (TPSA) is 133 Å². The summed E-state index contributed by atoms with van der Waals surface area (Å²) in [4.78, 5) is 28.7. The fourth-order valence-electron chi connectivity index (χ4n) is 3.46. The second-order valence-corrected chi connectivity index (χ2v) is 10.1. The number of anilines is 2. The van der Waals surface area contributed by atoms with Gasteiger partial charge in [-0.25, -0.2) is 19.3 Å². The lowest BCUT2D eigenvalue weighted by atomic mass is 9.92. The van der Waals surface area contributed by atoms with Crippen LogP contribution >= 0.6 is 11.8 Å². The highest BCUT2D eigenvalue weighted by Crippen LogP contribution is 2.33. The van der Waals surface area contributed by atoms with Gasteiger partial charge in [-0.2, -0.15) is 5.10 Å². The number of nitrogens with one attached hydrogen (secondary N) is 2. The van der Waals surface area contributed by atoms with Gasteiger partial charge in [-0.1, -0.05) is 39.0 Å². The fourth-order valence-corrected chi connectivity index (χ4v) is 4.03. The summed E-state index contributed by atoms with van der Waals surface area (Å²) in [6.45, 7) is 6.21. The van der Waals surface area contributed by atoms with Crippen LogP contribution < -0.4 is 25.8 Å². The van der Waals surface area contributed by atoms with Crippen LogP contribution in [0.5, 0.6) is 17.4 Å². The van der Waals surface area contributed by atoms with Crippen molar-refractivity contribution in [3.05, 3.63) is 78.6 Å². The summed E-state index contributed by atoms with van der Waals surface area (Å²) in [7, 11) is 0. The molecule has 0 bridgehead atoms. The number of nitrogens with two attached hydrogens (primary N) is 1. The third kappa shape index (κ3) is 6.62. The van der Waals surface area contributed by atoms with Gasteiger partial charge in [0.15, 0.2) is 0 Å². The van der Waals surface area contributed by atoms with Crippen LogP contribution in [0.25, 0.3) is 5.69 Å². The van der Waals surface area contributed by atoms with Crippen molar-refractivity contribution in [2.45, 2.75) is 31.1 Å². The number of pyridine rings is 1. The van der Waals surface area contributed by atoms with Gasteiger partial charge >= 0.3 is 12.1 Å². The maximum atomic E-state index is 13.0. The number of amides is 3. The average molecular weight is 533 g/mol. The van der Waals surface area contributed by atoms with E-state index in [1.54, 1.807) is 28.9 Å². The third-order valence-corrected chi connectivity index (χ3v) is 6.07. The lowest BCUT2D eigenvalue weighted by Gasteiger charge is -2.14. The van der Waals surface area contributed by atoms with Gasteiger partial charge in [-0.15, -0.1) is 11.8 Å². The molecule has 11 heteroatoms. The van der Waals surface area contributed by atoms with E-state index in [1.807, 2.05) is 42.7 Å². The molecule has 38 heavy (non-hydrogen) atoms. The van der Waals surface area contributed by atoms with Gasteiger partial charge in [0.2, 0.25) is 5.88 Å². The van der Waals surface area contributed by atoms with Crippen molar-refractivity contribution < 1.29 is 19.1 Å². The number of hydrogen-bond donors (Lipinski definition) is 3. The largest absolute Gasteiger partial charge is 0.457 e. The SMILES string of the molecule is CSc1cc(Oc2ccnc(OC(N)=O)c2)ccc1NC(=O)Nc1cc(C(C)(C)C)nn1-c1ccccc1. The third-order valence-electron chi connectivity index (χ3n) is 5.29. The molecule has 0 unspecified atom stereocenters. The van der Waals surface area contributed by atoms with Gasteiger partial charge in [-0.3, -0.25) is 5.32 Å². The number of urea groups is 1. The molecule has 10 nitrogen and oxygen atoms in total. The molecule has 4 N–H and O–H groups in total. The van der Waals surface area contributed by atoms with Crippen molar-refractivity contribution in [1.29, 1.82) is 0 Å². The van der Waals surface area contributed by atoms with E-state index in [9.17, 15) is 9.59 Å². The molecule has 4 rings (SSSR count). The minimum Gasteiger partial charge on any atom is -0.457 e. The number of hydrogen-bond acceptors (Lipinski definition) is 7. The molecule has 0 fully saturated rings. The summed E-state index contributed by atoms with van der Waals surface area (Å²) in [5.74, 6) is 1.51. The zero-order valence-electron chi connectivity index (χ0n) is 21.4. The van der Waals surface area contributed by atoms with E-state index in [4.69, 9.17) is 20.3 Å². The Morgan fingerprint density at radius 2 is 1.71 bits per heavy atom. The molecular weight excluding hydrogens is 504 g/mol. The van der Waals surface area contributed by atoms with Crippen LogP contribution in [-0.4, -0.2) is 33.1 Å². The number of aromatic nitrogens is 3. The van der Waals surface area contributed by atoms with E-state index in [0.717, 1.165) is 16.3 Å². The van der Waals surface area contributed by atoms with Crippen LogP contribution in [0.1, 0.15) is 26.5 Å². The molecule has 2 aromatic carbocycles. The van der Waals surface area contributed by atoms with Gasteiger partial charge in [0.25, 0.3) is 0 Å². The van der Waals surface area contributed by atoms with Crippen LogP contribution in [0.15, 0.2) is 77.8 Å². The molecular formula is C27H28N6O4S.